The van der Waals surface area contributed by atoms with Crippen molar-refractivity contribution in [2.75, 3.05) is 0 Å². The minimum Gasteiger partial charge on any atom is -0.458 e. The zero-order valence-corrected chi connectivity index (χ0v) is 16.0. The van der Waals surface area contributed by atoms with Gasteiger partial charge in [-0.25, -0.2) is 9.97 Å². The van der Waals surface area contributed by atoms with E-state index in [2.05, 4.69) is 22.1 Å². The number of fused-ring (bicyclic) bond motifs is 4. The second kappa shape index (κ2) is 6.45. The summed E-state index contributed by atoms with van der Waals surface area (Å²) in [7, 11) is 0. The Morgan fingerprint density at radius 1 is 0.677 bits per heavy atom. The molecule has 3 heterocycles. The summed E-state index contributed by atoms with van der Waals surface area (Å²) >= 11 is 0. The van der Waals surface area contributed by atoms with Crippen LogP contribution in [0.5, 0.6) is 23.0 Å². The summed E-state index contributed by atoms with van der Waals surface area (Å²) in [5.41, 5.74) is 3.97. The highest BCUT2D eigenvalue weighted by Crippen LogP contribution is 2.37. The Balaban J connectivity index is 1.61. The molecule has 0 bridgehead atoms. The molecule has 0 radical (unpaired) electrons. The van der Waals surface area contributed by atoms with Crippen LogP contribution in [-0.2, 0) is 0 Å². The number of hydrogen-bond donors (Lipinski definition) is 0. The van der Waals surface area contributed by atoms with Crippen LogP contribution in [0.25, 0.3) is 11.4 Å². The van der Waals surface area contributed by atoms with E-state index in [4.69, 9.17) is 9.47 Å². The Morgan fingerprint density at radius 2 is 1.19 bits per heavy atom. The van der Waals surface area contributed by atoms with Gasteiger partial charge in [0.1, 0.15) is 46.5 Å². The highest BCUT2D eigenvalue weighted by Gasteiger charge is 2.40. The number of benzene rings is 3. The van der Waals surface area contributed by atoms with Gasteiger partial charge in [0.25, 0.3) is 6.71 Å². The normalized spacial score (nSPS) is 12.3. The number of para-hydroxylation sites is 2. The number of rotatable bonds is 1. The zero-order valence-electron chi connectivity index (χ0n) is 16.0. The molecule has 1 aromatic heterocycles. The summed E-state index contributed by atoms with van der Waals surface area (Å²) in [6.45, 7) is -0.0185. The molecule has 0 fully saturated rings. The molecule has 6 nitrogen and oxygen atoms in total. The molecule has 3 aromatic carbocycles. The molecule has 0 spiro atoms. The highest BCUT2D eigenvalue weighted by molar-refractivity contribution is 6.98. The zero-order chi connectivity index (χ0) is 20.9. The van der Waals surface area contributed by atoms with Crippen molar-refractivity contribution in [3.05, 3.63) is 78.1 Å². The molecule has 6 rings (SSSR count). The Morgan fingerprint density at radius 3 is 1.71 bits per heavy atom. The molecule has 0 unspecified atom stereocenters. The molecule has 31 heavy (non-hydrogen) atoms. The summed E-state index contributed by atoms with van der Waals surface area (Å²) in [5, 5.41) is 18.6. The molecule has 0 saturated carbocycles. The lowest BCUT2D eigenvalue weighted by molar-refractivity contribution is 0.465. The molecule has 142 valence electrons. The third kappa shape index (κ3) is 2.58. The van der Waals surface area contributed by atoms with Gasteiger partial charge in [0.15, 0.2) is 5.82 Å². The van der Waals surface area contributed by atoms with E-state index in [9.17, 15) is 10.5 Å². The van der Waals surface area contributed by atoms with Crippen LogP contribution >= 0.6 is 0 Å². The van der Waals surface area contributed by atoms with Crippen LogP contribution in [0.4, 0.5) is 0 Å². The van der Waals surface area contributed by atoms with Gasteiger partial charge in [0, 0.05) is 17.1 Å². The van der Waals surface area contributed by atoms with Crippen LogP contribution in [0.1, 0.15) is 11.4 Å². The van der Waals surface area contributed by atoms with E-state index in [-0.39, 0.29) is 23.9 Å². The van der Waals surface area contributed by atoms with Gasteiger partial charge in [0.05, 0.1) is 0 Å². The fourth-order valence-corrected chi connectivity index (χ4v) is 4.21. The molecule has 0 atom stereocenters. The lowest BCUT2D eigenvalue weighted by atomic mass is 9.35. The molecule has 2 aliphatic rings. The first kappa shape index (κ1) is 17.3. The Kier molecular flexibility index (Phi) is 3.59. The van der Waals surface area contributed by atoms with Gasteiger partial charge in [0.2, 0.25) is 0 Å². The van der Waals surface area contributed by atoms with E-state index in [0.717, 1.165) is 27.9 Å². The quantitative estimate of drug-likeness (QED) is 0.396. The average molecular weight is 398 g/mol. The van der Waals surface area contributed by atoms with E-state index in [1.54, 1.807) is 0 Å². The first-order valence-corrected chi connectivity index (χ1v) is 9.66. The van der Waals surface area contributed by atoms with Crippen molar-refractivity contribution >= 4 is 23.1 Å². The number of ether oxygens (including phenoxy) is 2. The average Bonchev–Trinajstić information content (AvgIpc) is 2.83. The van der Waals surface area contributed by atoms with Crippen LogP contribution < -0.4 is 25.9 Å². The Labute approximate surface area is 178 Å². The Bertz CT molecular complexity index is 1380. The van der Waals surface area contributed by atoms with Crippen LogP contribution in [-0.4, -0.2) is 16.7 Å². The Hall–Kier alpha value is -4.62. The molecule has 0 N–H and O–H groups in total. The largest absolute Gasteiger partial charge is 0.458 e. The van der Waals surface area contributed by atoms with Crippen LogP contribution in [0.2, 0.25) is 0 Å². The number of hydrogen-bond acceptors (Lipinski definition) is 6. The van der Waals surface area contributed by atoms with Gasteiger partial charge < -0.3 is 9.47 Å². The van der Waals surface area contributed by atoms with Gasteiger partial charge >= 0.3 is 0 Å². The second-order valence-corrected chi connectivity index (χ2v) is 7.28. The summed E-state index contributed by atoms with van der Waals surface area (Å²) in [6.07, 6.45) is 0. The van der Waals surface area contributed by atoms with Crippen molar-refractivity contribution in [1.82, 2.24) is 9.97 Å². The van der Waals surface area contributed by atoms with Crippen molar-refractivity contribution in [2.45, 2.75) is 0 Å². The van der Waals surface area contributed by atoms with Gasteiger partial charge in [-0.05, 0) is 35.2 Å². The minimum atomic E-state index is -0.0185. The van der Waals surface area contributed by atoms with E-state index < -0.39 is 0 Å². The van der Waals surface area contributed by atoms with Crippen molar-refractivity contribution in [3.8, 4) is 46.5 Å². The maximum absolute atomic E-state index is 9.29. The van der Waals surface area contributed by atoms with E-state index in [1.807, 2.05) is 60.7 Å². The molecule has 7 heteroatoms. The smallest absolute Gasteiger partial charge is 0.260 e. The second-order valence-electron chi connectivity index (χ2n) is 7.28. The van der Waals surface area contributed by atoms with Crippen molar-refractivity contribution < 1.29 is 9.47 Å². The summed E-state index contributed by atoms with van der Waals surface area (Å²) in [6, 6.07) is 24.9. The predicted octanol–water partition coefficient (Wildman–Crippen LogP) is 2.61. The SMILES string of the molecule is N#Cc1cc(C#N)nc(-c2cc3c4c(c2)Oc2ccccc2B4c2ccccc2O3)n1. The molecule has 4 aromatic rings. The van der Waals surface area contributed by atoms with Gasteiger partial charge in [-0.15, -0.1) is 0 Å². The lowest BCUT2D eigenvalue weighted by Crippen LogP contribution is -2.57. The van der Waals surface area contributed by atoms with Gasteiger partial charge in [-0.2, -0.15) is 10.5 Å². The fourth-order valence-electron chi connectivity index (χ4n) is 4.21. The van der Waals surface area contributed by atoms with Crippen LogP contribution in [0, 0.1) is 22.7 Å². The molecule has 2 aliphatic heterocycles. The molecule has 0 aliphatic carbocycles. The summed E-state index contributed by atoms with van der Waals surface area (Å²) < 4.78 is 12.5. The van der Waals surface area contributed by atoms with Crippen molar-refractivity contribution in [3.63, 3.8) is 0 Å². The van der Waals surface area contributed by atoms with E-state index in [0.29, 0.717) is 17.1 Å². The summed E-state index contributed by atoms with van der Waals surface area (Å²) in [5.74, 6) is 3.13. The molecule has 0 amide bonds. The third-order valence-corrected chi connectivity index (χ3v) is 5.51. The van der Waals surface area contributed by atoms with Crippen molar-refractivity contribution in [2.24, 2.45) is 0 Å². The molecular weight excluding hydrogens is 387 g/mol. The molecular formula is C24H11BN4O2. The van der Waals surface area contributed by atoms with Gasteiger partial charge in [-0.1, -0.05) is 36.4 Å². The third-order valence-electron chi connectivity index (χ3n) is 5.51. The highest BCUT2D eigenvalue weighted by atomic mass is 16.5. The molecule has 0 saturated heterocycles. The fraction of sp³-hybridized carbons (Fsp3) is 0. The number of nitrogens with zero attached hydrogens (tertiary/aromatic N) is 4. The van der Waals surface area contributed by atoms with Crippen LogP contribution in [0.15, 0.2) is 66.7 Å². The first-order valence-electron chi connectivity index (χ1n) is 9.66. The predicted molar refractivity (Wildman–Crippen MR) is 115 cm³/mol. The first-order chi connectivity index (χ1) is 15.2. The van der Waals surface area contributed by atoms with Gasteiger partial charge in [-0.3, -0.25) is 0 Å². The topological polar surface area (TPSA) is 91.8 Å². The number of aromatic nitrogens is 2. The van der Waals surface area contributed by atoms with E-state index >= 15 is 0 Å². The maximum Gasteiger partial charge on any atom is 0.260 e. The minimum absolute atomic E-state index is 0.0185. The monoisotopic (exact) mass is 398 g/mol. The maximum atomic E-state index is 9.29. The number of nitriles is 2. The van der Waals surface area contributed by atoms with E-state index in [1.165, 1.54) is 6.07 Å². The van der Waals surface area contributed by atoms with Crippen molar-refractivity contribution in [1.29, 1.82) is 10.5 Å². The lowest BCUT2D eigenvalue weighted by Gasteiger charge is -2.33. The van der Waals surface area contributed by atoms with Crippen LogP contribution in [0.3, 0.4) is 0 Å². The standard InChI is InChI=1S/C24H11BN4O2/c26-12-15-11-16(13-27)29-24(28-15)14-9-21-23-22(10-14)31-20-8-4-2-6-18(20)25(23)17-5-1-3-7-19(17)30-21/h1-11H. The summed E-state index contributed by atoms with van der Waals surface area (Å²) in [4.78, 5) is 8.57.